The van der Waals surface area contributed by atoms with Gasteiger partial charge in [0.1, 0.15) is 0 Å². The number of anilines is 2. The van der Waals surface area contributed by atoms with E-state index < -0.39 is 0 Å². The Balaban J connectivity index is 0.000000880. The normalized spacial score (nSPS) is 14.0. The summed E-state index contributed by atoms with van der Waals surface area (Å²) in [6.07, 6.45) is 0. The van der Waals surface area contributed by atoms with E-state index in [0.29, 0.717) is 11.4 Å². The Kier molecular flexibility index (Phi) is 4.63. The van der Waals surface area contributed by atoms with Crippen LogP contribution in [0.3, 0.4) is 0 Å². The Morgan fingerprint density at radius 2 is 1.28 bits per heavy atom. The first kappa shape index (κ1) is 17.2. The zero-order valence-corrected chi connectivity index (χ0v) is 15.3. The molecular weight excluding hydrogens is 309 g/mol. The molecule has 1 aliphatic rings. The van der Waals surface area contributed by atoms with Gasteiger partial charge >= 0.3 is 0 Å². The van der Waals surface area contributed by atoms with Crippen molar-refractivity contribution < 1.29 is 4.48 Å². The van der Waals surface area contributed by atoms with Gasteiger partial charge in [-0.1, -0.05) is 86.8 Å². The van der Waals surface area contributed by atoms with Gasteiger partial charge < -0.3 is 0 Å². The second-order valence-corrected chi connectivity index (χ2v) is 6.52. The van der Waals surface area contributed by atoms with E-state index in [1.807, 2.05) is 68.4 Å². The van der Waals surface area contributed by atoms with Crippen LogP contribution in [-0.2, 0) is 5.41 Å². The third-order valence-electron chi connectivity index (χ3n) is 4.78. The number of rotatable bonds is 1. The minimum atomic E-state index is -0.237. The minimum Gasteiger partial charge on any atom is -0.179 e. The van der Waals surface area contributed by atoms with E-state index in [1.165, 1.54) is 0 Å². The second-order valence-electron chi connectivity index (χ2n) is 6.52. The highest BCUT2D eigenvalue weighted by Gasteiger charge is 2.36. The molecule has 25 heavy (non-hydrogen) atoms. The minimum absolute atomic E-state index is 0.237. The molecule has 4 rings (SSSR count). The molecule has 0 spiro atoms. The molecule has 128 valence electrons. The highest BCUT2D eigenvalue weighted by atomic mass is 19.2. The molecule has 0 N–H and O–H groups in total. The van der Waals surface area contributed by atoms with Gasteiger partial charge in [0, 0.05) is 5.41 Å². The van der Waals surface area contributed by atoms with Crippen molar-refractivity contribution in [1.29, 1.82) is 0 Å². The van der Waals surface area contributed by atoms with Gasteiger partial charge in [-0.2, -0.15) is 5.12 Å². The van der Waals surface area contributed by atoms with Crippen molar-refractivity contribution in [2.75, 3.05) is 5.12 Å². The van der Waals surface area contributed by atoms with Crippen LogP contribution in [0.4, 0.5) is 15.9 Å². The van der Waals surface area contributed by atoms with E-state index in [-0.39, 0.29) is 5.41 Å². The Bertz CT molecular complexity index is 868. The van der Waals surface area contributed by atoms with Crippen LogP contribution < -0.4 is 5.12 Å². The lowest BCUT2D eigenvalue weighted by molar-refractivity contribution is 0.478. The molecule has 0 aromatic heterocycles. The average Bonchev–Trinajstić information content (AvgIpc) is 2.68. The fourth-order valence-corrected chi connectivity index (χ4v) is 3.47. The molecule has 0 unspecified atom stereocenters. The van der Waals surface area contributed by atoms with Crippen LogP contribution in [0.15, 0.2) is 72.8 Å². The summed E-state index contributed by atoms with van der Waals surface area (Å²) < 4.78 is 14.9. The second kappa shape index (κ2) is 6.72. The zero-order valence-electron chi connectivity index (χ0n) is 15.3. The molecule has 3 aromatic carbocycles. The van der Waals surface area contributed by atoms with Gasteiger partial charge in [0.25, 0.3) is 0 Å². The number of benzene rings is 3. The maximum atomic E-state index is 14.9. The highest BCUT2D eigenvalue weighted by molar-refractivity contribution is 5.79. The lowest BCUT2D eigenvalue weighted by atomic mass is 9.73. The lowest BCUT2D eigenvalue weighted by Gasteiger charge is -2.38. The van der Waals surface area contributed by atoms with Gasteiger partial charge in [-0.05, 0) is 40.5 Å². The molecule has 1 aliphatic heterocycles. The molecule has 0 atom stereocenters. The summed E-state index contributed by atoms with van der Waals surface area (Å²) in [6.45, 7) is 8.32. The molecule has 0 radical (unpaired) electrons. The van der Waals surface area contributed by atoms with E-state index in [1.54, 1.807) is 0 Å². The predicted molar refractivity (Wildman–Crippen MR) is 105 cm³/mol. The van der Waals surface area contributed by atoms with E-state index in [0.717, 1.165) is 27.4 Å². The Morgan fingerprint density at radius 3 is 2.00 bits per heavy atom. The number of halogens is 1. The maximum absolute atomic E-state index is 14.9. The maximum Gasteiger partial charge on any atom is 0.0788 e. The zero-order chi connectivity index (χ0) is 18.0. The van der Waals surface area contributed by atoms with Gasteiger partial charge in [0.15, 0.2) is 0 Å². The number of nitrogens with zero attached hydrogens (tertiary/aromatic N) is 1. The SMILES string of the molecule is CC.CC1(C)c2ccccc2N(F)c2ccc(-c3ccccc3)cc21. The summed E-state index contributed by atoms with van der Waals surface area (Å²) in [4.78, 5) is 0. The van der Waals surface area contributed by atoms with Crippen LogP contribution >= 0.6 is 0 Å². The number of fused-ring (bicyclic) bond motifs is 2. The fourth-order valence-electron chi connectivity index (χ4n) is 3.47. The first-order chi connectivity index (χ1) is 12.1. The quantitative estimate of drug-likeness (QED) is 0.432. The highest BCUT2D eigenvalue weighted by Crippen LogP contribution is 2.49. The van der Waals surface area contributed by atoms with E-state index in [9.17, 15) is 4.48 Å². The third-order valence-corrected chi connectivity index (χ3v) is 4.78. The van der Waals surface area contributed by atoms with E-state index in [4.69, 9.17) is 0 Å². The summed E-state index contributed by atoms with van der Waals surface area (Å²) in [5, 5.41) is 0.810. The summed E-state index contributed by atoms with van der Waals surface area (Å²) in [5.74, 6) is 0. The summed E-state index contributed by atoms with van der Waals surface area (Å²) in [7, 11) is 0. The molecule has 1 heterocycles. The molecule has 0 bridgehead atoms. The Morgan fingerprint density at radius 1 is 0.680 bits per heavy atom. The van der Waals surface area contributed by atoms with Crippen LogP contribution in [0.25, 0.3) is 11.1 Å². The summed E-state index contributed by atoms with van der Waals surface area (Å²) in [6, 6.07) is 23.9. The lowest BCUT2D eigenvalue weighted by Crippen LogP contribution is -2.29. The standard InChI is InChI=1S/C21H18FN.C2H6/c1-21(2)17-10-6-7-11-19(17)23(22)20-13-12-16(14-18(20)21)15-8-4-3-5-9-15;1-2/h3-14H,1-2H3;1-2H3. The van der Waals surface area contributed by atoms with Gasteiger partial charge in [-0.3, -0.25) is 0 Å². The molecule has 0 saturated heterocycles. The van der Waals surface area contributed by atoms with Crippen LogP contribution in [0, 0.1) is 0 Å². The molecule has 0 amide bonds. The Hall–Kier alpha value is -2.61. The number of hydrogen-bond acceptors (Lipinski definition) is 1. The van der Waals surface area contributed by atoms with Crippen molar-refractivity contribution in [3.63, 3.8) is 0 Å². The topological polar surface area (TPSA) is 3.24 Å². The van der Waals surface area contributed by atoms with E-state index in [2.05, 4.69) is 32.0 Å². The van der Waals surface area contributed by atoms with Crippen molar-refractivity contribution in [3.8, 4) is 11.1 Å². The molecular formula is C23H24FN. The number of para-hydroxylation sites is 1. The van der Waals surface area contributed by atoms with E-state index >= 15 is 0 Å². The van der Waals surface area contributed by atoms with Crippen LogP contribution in [0.1, 0.15) is 38.8 Å². The molecule has 1 nitrogen and oxygen atoms in total. The molecule has 2 heteroatoms. The van der Waals surface area contributed by atoms with Crippen molar-refractivity contribution >= 4 is 11.4 Å². The molecule has 0 saturated carbocycles. The molecule has 0 aliphatic carbocycles. The average molecular weight is 333 g/mol. The van der Waals surface area contributed by atoms with Gasteiger partial charge in [0.2, 0.25) is 0 Å². The summed E-state index contributed by atoms with van der Waals surface area (Å²) in [5.41, 5.74) is 5.32. The Labute approximate surface area is 149 Å². The van der Waals surface area contributed by atoms with Crippen molar-refractivity contribution in [1.82, 2.24) is 0 Å². The first-order valence-electron chi connectivity index (χ1n) is 8.84. The van der Waals surface area contributed by atoms with Crippen molar-refractivity contribution in [2.45, 2.75) is 33.1 Å². The van der Waals surface area contributed by atoms with Gasteiger partial charge in [0.05, 0.1) is 11.4 Å². The molecule has 3 aromatic rings. The monoisotopic (exact) mass is 333 g/mol. The largest absolute Gasteiger partial charge is 0.179 e. The van der Waals surface area contributed by atoms with Crippen LogP contribution in [0.5, 0.6) is 0 Å². The fraction of sp³-hybridized carbons (Fsp3) is 0.217. The summed E-state index contributed by atoms with van der Waals surface area (Å²) >= 11 is 0. The first-order valence-corrected chi connectivity index (χ1v) is 8.84. The smallest absolute Gasteiger partial charge is 0.0788 e. The van der Waals surface area contributed by atoms with Crippen molar-refractivity contribution in [3.05, 3.63) is 83.9 Å². The third kappa shape index (κ3) is 2.82. The van der Waals surface area contributed by atoms with Gasteiger partial charge in [-0.25, -0.2) is 0 Å². The molecule has 0 fully saturated rings. The van der Waals surface area contributed by atoms with Crippen molar-refractivity contribution in [2.24, 2.45) is 0 Å². The van der Waals surface area contributed by atoms with Gasteiger partial charge in [-0.15, -0.1) is 0 Å². The van der Waals surface area contributed by atoms with Crippen LogP contribution in [-0.4, -0.2) is 0 Å². The number of hydrogen-bond donors (Lipinski definition) is 0. The van der Waals surface area contributed by atoms with Crippen LogP contribution in [0.2, 0.25) is 0 Å². The predicted octanol–water partition coefficient (Wildman–Crippen LogP) is 7.04.